The molecule has 2 unspecified atom stereocenters. The zero-order chi connectivity index (χ0) is 12.1. The van der Waals surface area contributed by atoms with Gasteiger partial charge in [0.1, 0.15) is 0 Å². The summed E-state index contributed by atoms with van der Waals surface area (Å²) in [5.74, 6) is 1.21. The van der Waals surface area contributed by atoms with Gasteiger partial charge in [0.2, 0.25) is 5.89 Å². The molecule has 1 aliphatic rings. The number of ether oxygens (including phenoxy) is 1. The van der Waals surface area contributed by atoms with Crippen molar-refractivity contribution in [1.29, 1.82) is 0 Å². The topological polar surface area (TPSA) is 68.4 Å². The second kappa shape index (κ2) is 6.12. The molecule has 2 heterocycles. The maximum atomic E-state index is 9.49. The highest BCUT2D eigenvalue weighted by Crippen LogP contribution is 2.16. The van der Waals surface area contributed by atoms with E-state index in [1.807, 2.05) is 6.92 Å². The average Bonchev–Trinajstić information content (AvgIpc) is 2.77. The van der Waals surface area contributed by atoms with Crippen LogP contribution in [-0.2, 0) is 17.6 Å². The monoisotopic (exact) mass is 240 g/mol. The van der Waals surface area contributed by atoms with Crippen molar-refractivity contribution < 1.29 is 14.4 Å². The maximum absolute atomic E-state index is 9.49. The molecule has 0 aliphatic carbocycles. The van der Waals surface area contributed by atoms with Gasteiger partial charge in [-0.1, -0.05) is 12.1 Å². The smallest absolute Gasteiger partial charge is 0.229 e. The van der Waals surface area contributed by atoms with E-state index in [-0.39, 0.29) is 6.10 Å². The quantitative estimate of drug-likeness (QED) is 0.844. The van der Waals surface area contributed by atoms with Crippen LogP contribution in [0.3, 0.4) is 0 Å². The van der Waals surface area contributed by atoms with Crippen molar-refractivity contribution in [2.75, 3.05) is 6.61 Å². The van der Waals surface area contributed by atoms with Crippen LogP contribution in [0, 0.1) is 0 Å². The van der Waals surface area contributed by atoms with Gasteiger partial charge < -0.3 is 14.4 Å². The third-order valence-electron chi connectivity index (χ3n) is 3.08. The van der Waals surface area contributed by atoms with Crippen molar-refractivity contribution in [2.45, 2.75) is 57.7 Å². The van der Waals surface area contributed by atoms with E-state index in [0.717, 1.165) is 19.4 Å². The Kier molecular flexibility index (Phi) is 4.50. The minimum Gasteiger partial charge on any atom is -0.393 e. The van der Waals surface area contributed by atoms with Gasteiger partial charge >= 0.3 is 0 Å². The Morgan fingerprint density at radius 3 is 3.06 bits per heavy atom. The van der Waals surface area contributed by atoms with E-state index in [2.05, 4.69) is 10.1 Å². The van der Waals surface area contributed by atoms with Crippen molar-refractivity contribution in [3.63, 3.8) is 0 Å². The first-order chi connectivity index (χ1) is 8.28. The van der Waals surface area contributed by atoms with E-state index < -0.39 is 6.10 Å². The molecule has 17 heavy (non-hydrogen) atoms. The lowest BCUT2D eigenvalue weighted by molar-refractivity contribution is 0.0153. The molecule has 1 aromatic heterocycles. The fourth-order valence-electron chi connectivity index (χ4n) is 1.97. The van der Waals surface area contributed by atoms with Crippen molar-refractivity contribution in [3.8, 4) is 0 Å². The van der Waals surface area contributed by atoms with E-state index in [1.165, 1.54) is 6.42 Å². The van der Waals surface area contributed by atoms with Crippen LogP contribution in [0.5, 0.6) is 0 Å². The highest BCUT2D eigenvalue weighted by Gasteiger charge is 2.18. The van der Waals surface area contributed by atoms with Crippen LogP contribution >= 0.6 is 0 Å². The summed E-state index contributed by atoms with van der Waals surface area (Å²) in [5, 5.41) is 13.4. The molecule has 0 amide bonds. The summed E-state index contributed by atoms with van der Waals surface area (Å²) in [5.41, 5.74) is 0. The number of nitrogens with zero attached hydrogens (tertiary/aromatic N) is 2. The van der Waals surface area contributed by atoms with Crippen LogP contribution in [0.1, 0.15) is 44.3 Å². The minimum atomic E-state index is -0.394. The number of aliphatic hydroxyl groups is 1. The molecule has 0 bridgehead atoms. The molecule has 1 saturated heterocycles. The van der Waals surface area contributed by atoms with Gasteiger partial charge in [-0.15, -0.1) is 0 Å². The first-order valence-corrected chi connectivity index (χ1v) is 6.39. The predicted molar refractivity (Wildman–Crippen MR) is 61.6 cm³/mol. The molecule has 1 N–H and O–H groups in total. The molecule has 1 aliphatic heterocycles. The molecule has 0 radical (unpaired) electrons. The molecule has 2 rings (SSSR count). The van der Waals surface area contributed by atoms with Gasteiger partial charge in [0.15, 0.2) is 5.82 Å². The standard InChI is InChI=1S/C12H20N2O3/c1-2-9(15)7-12-13-11(14-17-12)8-10-5-3-4-6-16-10/h9-10,15H,2-8H2,1H3. The lowest BCUT2D eigenvalue weighted by atomic mass is 10.1. The normalized spacial score (nSPS) is 22.6. The summed E-state index contributed by atoms with van der Waals surface area (Å²) in [6, 6.07) is 0. The third kappa shape index (κ3) is 3.78. The Morgan fingerprint density at radius 2 is 2.35 bits per heavy atom. The van der Waals surface area contributed by atoms with Crippen molar-refractivity contribution in [3.05, 3.63) is 11.7 Å². The average molecular weight is 240 g/mol. The summed E-state index contributed by atoms with van der Waals surface area (Å²) in [4.78, 5) is 4.27. The van der Waals surface area contributed by atoms with E-state index in [1.54, 1.807) is 0 Å². The third-order valence-corrected chi connectivity index (χ3v) is 3.08. The molecule has 0 saturated carbocycles. The number of rotatable bonds is 5. The SMILES string of the molecule is CCC(O)Cc1nc(CC2CCCCO2)no1. The van der Waals surface area contributed by atoms with Gasteiger partial charge in [-0.2, -0.15) is 4.98 Å². The molecule has 5 heteroatoms. The van der Waals surface area contributed by atoms with Crippen LogP contribution in [-0.4, -0.2) is 34.1 Å². The van der Waals surface area contributed by atoms with Gasteiger partial charge in [-0.3, -0.25) is 0 Å². The van der Waals surface area contributed by atoms with Gasteiger partial charge in [-0.05, 0) is 25.7 Å². The van der Waals surface area contributed by atoms with Crippen LogP contribution in [0.4, 0.5) is 0 Å². The first-order valence-electron chi connectivity index (χ1n) is 6.39. The molecule has 1 fully saturated rings. The van der Waals surface area contributed by atoms with Crippen molar-refractivity contribution in [2.24, 2.45) is 0 Å². The number of hydrogen-bond acceptors (Lipinski definition) is 5. The summed E-state index contributed by atoms with van der Waals surface area (Å²) in [6.07, 6.45) is 5.12. The molecule has 96 valence electrons. The fourth-order valence-corrected chi connectivity index (χ4v) is 1.97. The largest absolute Gasteiger partial charge is 0.393 e. The van der Waals surface area contributed by atoms with Crippen molar-refractivity contribution in [1.82, 2.24) is 10.1 Å². The summed E-state index contributed by atoms with van der Waals surface area (Å²) >= 11 is 0. The second-order valence-corrected chi connectivity index (χ2v) is 4.56. The van der Waals surface area contributed by atoms with E-state index in [4.69, 9.17) is 9.26 Å². The molecule has 0 spiro atoms. The van der Waals surface area contributed by atoms with Crippen LogP contribution in [0.2, 0.25) is 0 Å². The predicted octanol–water partition coefficient (Wildman–Crippen LogP) is 1.49. The lowest BCUT2D eigenvalue weighted by Crippen LogP contribution is -2.21. The van der Waals surface area contributed by atoms with Gasteiger partial charge in [-0.25, -0.2) is 0 Å². The number of hydrogen-bond donors (Lipinski definition) is 1. The van der Waals surface area contributed by atoms with Crippen LogP contribution in [0.25, 0.3) is 0 Å². The Labute approximate surface area is 101 Å². The Bertz CT molecular complexity index is 334. The molecule has 0 aromatic carbocycles. The molecule has 1 aromatic rings. The van der Waals surface area contributed by atoms with E-state index in [0.29, 0.717) is 31.0 Å². The van der Waals surface area contributed by atoms with Gasteiger partial charge in [0.05, 0.1) is 18.6 Å². The molecular weight excluding hydrogens is 220 g/mol. The zero-order valence-electron chi connectivity index (χ0n) is 10.3. The molecule has 2 atom stereocenters. The van der Waals surface area contributed by atoms with Crippen LogP contribution in [0.15, 0.2) is 4.52 Å². The fraction of sp³-hybridized carbons (Fsp3) is 0.833. The van der Waals surface area contributed by atoms with Gasteiger partial charge in [0, 0.05) is 13.0 Å². The second-order valence-electron chi connectivity index (χ2n) is 4.56. The number of aliphatic hydroxyl groups excluding tert-OH is 1. The Balaban J connectivity index is 1.84. The zero-order valence-corrected chi connectivity index (χ0v) is 10.3. The van der Waals surface area contributed by atoms with Crippen LogP contribution < -0.4 is 0 Å². The van der Waals surface area contributed by atoms with Crippen molar-refractivity contribution >= 4 is 0 Å². The summed E-state index contributed by atoms with van der Waals surface area (Å²) < 4.78 is 10.7. The Hall–Kier alpha value is -0.940. The van der Waals surface area contributed by atoms with Gasteiger partial charge in [0.25, 0.3) is 0 Å². The van der Waals surface area contributed by atoms with E-state index in [9.17, 15) is 5.11 Å². The molecular formula is C12H20N2O3. The Morgan fingerprint density at radius 1 is 1.47 bits per heavy atom. The summed E-state index contributed by atoms with van der Waals surface area (Å²) in [7, 11) is 0. The highest BCUT2D eigenvalue weighted by molar-refractivity contribution is 4.90. The lowest BCUT2D eigenvalue weighted by Gasteiger charge is -2.20. The number of aromatic nitrogens is 2. The minimum absolute atomic E-state index is 0.227. The maximum Gasteiger partial charge on any atom is 0.229 e. The highest BCUT2D eigenvalue weighted by atomic mass is 16.5. The summed E-state index contributed by atoms with van der Waals surface area (Å²) in [6.45, 7) is 2.77. The van der Waals surface area contributed by atoms with E-state index >= 15 is 0 Å². The molecule has 5 nitrogen and oxygen atoms in total. The first kappa shape index (κ1) is 12.5.